The van der Waals surface area contributed by atoms with Crippen LogP contribution in [-0.4, -0.2) is 24.0 Å². The number of nitrogens with one attached hydrogen (secondary N) is 1. The fourth-order valence-electron chi connectivity index (χ4n) is 2.17. The van der Waals surface area contributed by atoms with E-state index in [-0.39, 0.29) is 12.1 Å². The fourth-order valence-corrected chi connectivity index (χ4v) is 3.09. The Kier molecular flexibility index (Phi) is 4.64. The van der Waals surface area contributed by atoms with Crippen molar-refractivity contribution in [3.05, 3.63) is 28.2 Å². The third-order valence-corrected chi connectivity index (χ3v) is 4.05. The Morgan fingerprint density at radius 1 is 1.30 bits per heavy atom. The minimum absolute atomic E-state index is 0.204. The largest absolute Gasteiger partial charge is 0.496 e. The smallest absolute Gasteiger partial charge is 0.162 e. The van der Waals surface area contributed by atoms with E-state index in [0.29, 0.717) is 5.75 Å². The Labute approximate surface area is 122 Å². The number of hydrazine groups is 1. The first-order chi connectivity index (χ1) is 9.63. The highest BCUT2D eigenvalue weighted by Crippen LogP contribution is 2.38. The number of rotatable bonds is 6. The standard InChI is InChI=1S/C13H20N4O2S/c1-8(2)17-12(10(19-4)7-15-17)11(16-14)13-9(18-3)5-6-20-13/h5-8,11,16H,14H2,1-4H3. The lowest BCUT2D eigenvalue weighted by Crippen LogP contribution is -2.31. The molecule has 0 aliphatic heterocycles. The maximum atomic E-state index is 5.78. The maximum absolute atomic E-state index is 5.78. The van der Waals surface area contributed by atoms with Crippen LogP contribution >= 0.6 is 11.3 Å². The summed E-state index contributed by atoms with van der Waals surface area (Å²) >= 11 is 1.58. The molecule has 1 atom stereocenters. The van der Waals surface area contributed by atoms with Gasteiger partial charge in [-0.2, -0.15) is 5.10 Å². The summed E-state index contributed by atoms with van der Waals surface area (Å²) in [6.07, 6.45) is 1.71. The van der Waals surface area contributed by atoms with Crippen LogP contribution in [0.1, 0.15) is 36.5 Å². The van der Waals surface area contributed by atoms with Gasteiger partial charge in [0, 0.05) is 6.04 Å². The summed E-state index contributed by atoms with van der Waals surface area (Å²) in [4.78, 5) is 0.996. The Balaban J connectivity index is 2.54. The summed E-state index contributed by atoms with van der Waals surface area (Å²) in [5.41, 5.74) is 3.74. The van der Waals surface area contributed by atoms with Gasteiger partial charge in [-0.25, -0.2) is 5.43 Å². The molecular formula is C13H20N4O2S. The van der Waals surface area contributed by atoms with E-state index in [9.17, 15) is 0 Å². The molecule has 0 spiro atoms. The second-order valence-corrected chi connectivity index (χ2v) is 5.54. The molecule has 20 heavy (non-hydrogen) atoms. The Bertz CT molecular complexity index is 564. The van der Waals surface area contributed by atoms with Gasteiger partial charge in [-0.15, -0.1) is 11.3 Å². The number of nitrogens with zero attached hydrogens (tertiary/aromatic N) is 2. The van der Waals surface area contributed by atoms with Gasteiger partial charge in [-0.3, -0.25) is 10.5 Å². The molecule has 0 aromatic carbocycles. The average Bonchev–Trinajstić information content (AvgIpc) is 3.06. The third-order valence-electron chi connectivity index (χ3n) is 3.09. The zero-order valence-electron chi connectivity index (χ0n) is 12.1. The molecule has 0 aliphatic carbocycles. The normalized spacial score (nSPS) is 12.7. The van der Waals surface area contributed by atoms with Crippen LogP contribution in [0.3, 0.4) is 0 Å². The molecule has 2 rings (SSSR count). The van der Waals surface area contributed by atoms with Crippen molar-refractivity contribution in [3.63, 3.8) is 0 Å². The topological polar surface area (TPSA) is 74.3 Å². The SMILES string of the molecule is COc1ccsc1C(NN)c1c(OC)cnn1C(C)C. The summed E-state index contributed by atoms with van der Waals surface area (Å²) in [6, 6.07) is 1.90. The number of aromatic nitrogens is 2. The van der Waals surface area contributed by atoms with Crippen molar-refractivity contribution in [2.24, 2.45) is 5.84 Å². The van der Waals surface area contributed by atoms with Crippen molar-refractivity contribution < 1.29 is 9.47 Å². The zero-order chi connectivity index (χ0) is 14.7. The van der Waals surface area contributed by atoms with E-state index in [0.717, 1.165) is 16.3 Å². The first kappa shape index (κ1) is 14.8. The van der Waals surface area contributed by atoms with E-state index in [1.165, 1.54) is 0 Å². The minimum Gasteiger partial charge on any atom is -0.496 e. The van der Waals surface area contributed by atoms with Crippen LogP contribution in [0.5, 0.6) is 11.5 Å². The van der Waals surface area contributed by atoms with Gasteiger partial charge in [0.1, 0.15) is 17.5 Å². The van der Waals surface area contributed by atoms with Gasteiger partial charge in [0.2, 0.25) is 0 Å². The van der Waals surface area contributed by atoms with Crippen LogP contribution in [0.25, 0.3) is 0 Å². The van der Waals surface area contributed by atoms with Gasteiger partial charge in [0.25, 0.3) is 0 Å². The highest BCUT2D eigenvalue weighted by molar-refractivity contribution is 7.10. The second-order valence-electron chi connectivity index (χ2n) is 4.59. The van der Waals surface area contributed by atoms with Gasteiger partial charge in [-0.05, 0) is 25.3 Å². The van der Waals surface area contributed by atoms with Crippen molar-refractivity contribution in [3.8, 4) is 11.5 Å². The summed E-state index contributed by atoms with van der Waals surface area (Å²) in [7, 11) is 3.28. The van der Waals surface area contributed by atoms with E-state index in [1.54, 1.807) is 31.8 Å². The molecule has 0 radical (unpaired) electrons. The minimum atomic E-state index is -0.232. The lowest BCUT2D eigenvalue weighted by Gasteiger charge is -2.20. The molecule has 2 aromatic heterocycles. The first-order valence-electron chi connectivity index (χ1n) is 6.32. The first-order valence-corrected chi connectivity index (χ1v) is 7.20. The quantitative estimate of drug-likeness (QED) is 0.631. The third kappa shape index (κ3) is 2.52. The van der Waals surface area contributed by atoms with E-state index < -0.39 is 0 Å². The molecule has 0 saturated carbocycles. The zero-order valence-corrected chi connectivity index (χ0v) is 12.9. The van der Waals surface area contributed by atoms with E-state index >= 15 is 0 Å². The average molecular weight is 296 g/mol. The molecule has 0 amide bonds. The highest BCUT2D eigenvalue weighted by Gasteiger charge is 2.27. The summed E-state index contributed by atoms with van der Waals surface area (Å²) < 4.78 is 12.7. The van der Waals surface area contributed by atoms with Crippen LogP contribution in [-0.2, 0) is 0 Å². The maximum Gasteiger partial charge on any atom is 0.162 e. The summed E-state index contributed by atoms with van der Waals surface area (Å²) in [6.45, 7) is 4.13. The molecular weight excluding hydrogens is 276 g/mol. The number of ether oxygens (including phenoxy) is 2. The monoisotopic (exact) mass is 296 g/mol. The van der Waals surface area contributed by atoms with Crippen LogP contribution in [0.15, 0.2) is 17.6 Å². The van der Waals surface area contributed by atoms with Crippen LogP contribution in [0.4, 0.5) is 0 Å². The summed E-state index contributed by atoms with van der Waals surface area (Å²) in [5, 5.41) is 6.35. The Morgan fingerprint density at radius 2 is 2.00 bits per heavy atom. The molecule has 1 unspecified atom stereocenters. The van der Waals surface area contributed by atoms with Gasteiger partial charge < -0.3 is 9.47 Å². The highest BCUT2D eigenvalue weighted by atomic mass is 32.1. The molecule has 110 valence electrons. The van der Waals surface area contributed by atoms with Gasteiger partial charge in [0.15, 0.2) is 5.75 Å². The van der Waals surface area contributed by atoms with E-state index in [1.807, 2.05) is 16.1 Å². The Morgan fingerprint density at radius 3 is 2.55 bits per heavy atom. The van der Waals surface area contributed by atoms with E-state index in [4.69, 9.17) is 15.3 Å². The molecule has 0 aliphatic rings. The van der Waals surface area contributed by atoms with Gasteiger partial charge >= 0.3 is 0 Å². The lowest BCUT2D eigenvalue weighted by atomic mass is 10.1. The number of hydrogen-bond acceptors (Lipinski definition) is 6. The van der Waals surface area contributed by atoms with Crippen LogP contribution in [0, 0.1) is 0 Å². The Hall–Kier alpha value is -1.57. The van der Waals surface area contributed by atoms with Gasteiger partial charge in [0.05, 0.1) is 25.3 Å². The van der Waals surface area contributed by atoms with E-state index in [2.05, 4.69) is 24.4 Å². The predicted octanol–water partition coefficient (Wildman–Crippen LogP) is 2.10. The summed E-state index contributed by atoms with van der Waals surface area (Å²) in [5.74, 6) is 7.28. The molecule has 0 saturated heterocycles. The van der Waals surface area contributed by atoms with Crippen molar-refractivity contribution in [1.82, 2.24) is 15.2 Å². The number of thiophene rings is 1. The van der Waals surface area contributed by atoms with Crippen molar-refractivity contribution in [2.75, 3.05) is 14.2 Å². The molecule has 0 bridgehead atoms. The predicted molar refractivity (Wildman–Crippen MR) is 79.2 cm³/mol. The molecule has 6 nitrogen and oxygen atoms in total. The lowest BCUT2D eigenvalue weighted by molar-refractivity contribution is 0.386. The van der Waals surface area contributed by atoms with Crippen molar-refractivity contribution in [2.45, 2.75) is 25.9 Å². The fraction of sp³-hybridized carbons (Fsp3) is 0.462. The number of methoxy groups -OCH3 is 2. The molecule has 3 N–H and O–H groups in total. The molecule has 2 heterocycles. The number of nitrogens with two attached hydrogens (primary N) is 1. The second kappa shape index (κ2) is 6.25. The van der Waals surface area contributed by atoms with Crippen molar-refractivity contribution >= 4 is 11.3 Å². The molecule has 7 heteroatoms. The van der Waals surface area contributed by atoms with Crippen LogP contribution < -0.4 is 20.7 Å². The van der Waals surface area contributed by atoms with Crippen LogP contribution in [0.2, 0.25) is 0 Å². The molecule has 2 aromatic rings. The molecule has 0 fully saturated rings. The van der Waals surface area contributed by atoms with Gasteiger partial charge in [-0.1, -0.05) is 0 Å². The van der Waals surface area contributed by atoms with Crippen molar-refractivity contribution in [1.29, 1.82) is 0 Å². The number of hydrogen-bond donors (Lipinski definition) is 2.